The molecule has 0 bridgehead atoms. The minimum Gasteiger partial charge on any atom is -0.497 e. The summed E-state index contributed by atoms with van der Waals surface area (Å²) in [4.78, 5) is 14.2. The summed E-state index contributed by atoms with van der Waals surface area (Å²) in [7, 11) is 1.66. The largest absolute Gasteiger partial charge is 0.497 e. The fourth-order valence-corrected chi connectivity index (χ4v) is 2.69. The minimum absolute atomic E-state index is 0.139. The summed E-state index contributed by atoms with van der Waals surface area (Å²) in [5.41, 5.74) is 7.07. The first-order chi connectivity index (χ1) is 9.60. The summed E-state index contributed by atoms with van der Waals surface area (Å²) in [5.74, 6) is 1.23. The molecule has 110 valence electrons. The second-order valence-electron chi connectivity index (χ2n) is 5.62. The van der Waals surface area contributed by atoms with Crippen LogP contribution in [0.1, 0.15) is 37.7 Å². The van der Waals surface area contributed by atoms with Crippen molar-refractivity contribution < 1.29 is 9.53 Å². The molecule has 0 radical (unpaired) electrons. The van der Waals surface area contributed by atoms with Crippen LogP contribution in [-0.4, -0.2) is 37.0 Å². The van der Waals surface area contributed by atoms with Crippen LogP contribution >= 0.6 is 0 Å². The molecule has 0 aliphatic carbocycles. The zero-order valence-corrected chi connectivity index (χ0v) is 12.3. The van der Waals surface area contributed by atoms with E-state index in [2.05, 4.69) is 6.92 Å². The van der Waals surface area contributed by atoms with Gasteiger partial charge in [-0.3, -0.25) is 4.79 Å². The predicted molar refractivity (Wildman–Crippen MR) is 79.8 cm³/mol. The SMILES string of the molecule is COc1cccc([C@@H](C)CC(=O)N2CCC[C@@H](N)C2)c1. The van der Waals surface area contributed by atoms with Crippen molar-refractivity contribution >= 4 is 5.91 Å². The average molecular weight is 276 g/mol. The molecule has 0 spiro atoms. The van der Waals surface area contributed by atoms with Gasteiger partial charge >= 0.3 is 0 Å². The van der Waals surface area contributed by atoms with Crippen molar-refractivity contribution in [3.63, 3.8) is 0 Å². The topological polar surface area (TPSA) is 55.6 Å². The highest BCUT2D eigenvalue weighted by molar-refractivity contribution is 5.77. The highest BCUT2D eigenvalue weighted by Gasteiger charge is 2.22. The molecular weight excluding hydrogens is 252 g/mol. The number of amides is 1. The van der Waals surface area contributed by atoms with Gasteiger partial charge in [0.25, 0.3) is 0 Å². The Morgan fingerprint density at radius 3 is 3.05 bits per heavy atom. The quantitative estimate of drug-likeness (QED) is 0.916. The second-order valence-corrected chi connectivity index (χ2v) is 5.62. The molecule has 2 N–H and O–H groups in total. The Balaban J connectivity index is 1.96. The third-order valence-corrected chi connectivity index (χ3v) is 3.95. The van der Waals surface area contributed by atoms with Gasteiger partial charge in [-0.25, -0.2) is 0 Å². The van der Waals surface area contributed by atoms with Crippen LogP contribution in [0.4, 0.5) is 0 Å². The van der Waals surface area contributed by atoms with Gasteiger partial charge in [0.1, 0.15) is 5.75 Å². The molecular formula is C16H24N2O2. The Bertz CT molecular complexity index is 462. The van der Waals surface area contributed by atoms with E-state index in [0.29, 0.717) is 13.0 Å². The molecule has 2 atom stereocenters. The number of carbonyl (C=O) groups is 1. The van der Waals surface area contributed by atoms with Crippen molar-refractivity contribution in [3.05, 3.63) is 29.8 Å². The van der Waals surface area contributed by atoms with E-state index >= 15 is 0 Å². The van der Waals surface area contributed by atoms with E-state index in [1.165, 1.54) is 0 Å². The van der Waals surface area contributed by atoms with Gasteiger partial charge in [-0.15, -0.1) is 0 Å². The summed E-state index contributed by atoms with van der Waals surface area (Å²) in [6.45, 7) is 3.62. The fraction of sp³-hybridized carbons (Fsp3) is 0.562. The van der Waals surface area contributed by atoms with Crippen LogP contribution in [0, 0.1) is 0 Å². The lowest BCUT2D eigenvalue weighted by atomic mass is 9.96. The zero-order chi connectivity index (χ0) is 14.5. The van der Waals surface area contributed by atoms with E-state index in [0.717, 1.165) is 30.7 Å². The number of methoxy groups -OCH3 is 1. The molecule has 1 aliphatic heterocycles. The second kappa shape index (κ2) is 6.75. The molecule has 1 aromatic carbocycles. The first-order valence-electron chi connectivity index (χ1n) is 7.27. The summed E-state index contributed by atoms with van der Waals surface area (Å²) in [5, 5.41) is 0. The Labute approximate surface area is 120 Å². The van der Waals surface area contributed by atoms with Crippen molar-refractivity contribution in [1.82, 2.24) is 4.90 Å². The molecule has 1 amide bonds. The number of benzene rings is 1. The maximum atomic E-state index is 12.3. The Hall–Kier alpha value is -1.55. The van der Waals surface area contributed by atoms with Crippen LogP contribution in [0.2, 0.25) is 0 Å². The van der Waals surface area contributed by atoms with Crippen molar-refractivity contribution in [3.8, 4) is 5.75 Å². The molecule has 1 aromatic rings. The Kier molecular flexibility index (Phi) is 5.01. The van der Waals surface area contributed by atoms with Gasteiger partial charge in [-0.05, 0) is 36.5 Å². The normalized spacial score (nSPS) is 20.6. The fourth-order valence-electron chi connectivity index (χ4n) is 2.69. The van der Waals surface area contributed by atoms with E-state index in [1.807, 2.05) is 29.2 Å². The summed E-state index contributed by atoms with van der Waals surface area (Å²) in [6, 6.07) is 8.07. The van der Waals surface area contributed by atoms with Crippen LogP contribution in [0.15, 0.2) is 24.3 Å². The highest BCUT2D eigenvalue weighted by Crippen LogP contribution is 2.24. The van der Waals surface area contributed by atoms with Crippen LogP contribution in [0.5, 0.6) is 5.75 Å². The molecule has 2 rings (SSSR count). The van der Waals surface area contributed by atoms with Crippen LogP contribution in [0.3, 0.4) is 0 Å². The van der Waals surface area contributed by atoms with Crippen molar-refractivity contribution in [2.45, 2.75) is 38.1 Å². The molecule has 20 heavy (non-hydrogen) atoms. The van der Waals surface area contributed by atoms with E-state index in [9.17, 15) is 4.79 Å². The van der Waals surface area contributed by atoms with E-state index in [4.69, 9.17) is 10.5 Å². The lowest BCUT2D eigenvalue weighted by molar-refractivity contribution is -0.132. The number of piperidine rings is 1. The maximum Gasteiger partial charge on any atom is 0.223 e. The molecule has 1 aliphatic rings. The van der Waals surface area contributed by atoms with Gasteiger partial charge in [0, 0.05) is 25.6 Å². The molecule has 0 aromatic heterocycles. The molecule has 4 heteroatoms. The van der Waals surface area contributed by atoms with Crippen LogP contribution in [-0.2, 0) is 4.79 Å². The van der Waals surface area contributed by atoms with Gasteiger partial charge < -0.3 is 15.4 Å². The minimum atomic E-state index is 0.139. The summed E-state index contributed by atoms with van der Waals surface area (Å²) in [6.07, 6.45) is 2.57. The van der Waals surface area contributed by atoms with Crippen molar-refractivity contribution in [2.75, 3.05) is 20.2 Å². The molecule has 0 saturated carbocycles. The summed E-state index contributed by atoms with van der Waals surface area (Å²) >= 11 is 0. The number of hydrogen-bond donors (Lipinski definition) is 1. The van der Waals surface area contributed by atoms with Crippen molar-refractivity contribution in [2.24, 2.45) is 5.73 Å². The van der Waals surface area contributed by atoms with E-state index < -0.39 is 0 Å². The van der Waals surface area contributed by atoms with Gasteiger partial charge in [-0.1, -0.05) is 19.1 Å². The van der Waals surface area contributed by atoms with Gasteiger partial charge in [-0.2, -0.15) is 0 Å². The number of hydrogen-bond acceptors (Lipinski definition) is 3. The van der Waals surface area contributed by atoms with Crippen LogP contribution in [0.25, 0.3) is 0 Å². The maximum absolute atomic E-state index is 12.3. The summed E-state index contributed by atoms with van der Waals surface area (Å²) < 4.78 is 5.23. The van der Waals surface area contributed by atoms with Crippen LogP contribution < -0.4 is 10.5 Å². The average Bonchev–Trinajstić information content (AvgIpc) is 2.47. The van der Waals surface area contributed by atoms with Crippen molar-refractivity contribution in [1.29, 1.82) is 0 Å². The highest BCUT2D eigenvalue weighted by atomic mass is 16.5. The monoisotopic (exact) mass is 276 g/mol. The molecule has 1 fully saturated rings. The molecule has 0 unspecified atom stereocenters. The number of ether oxygens (including phenoxy) is 1. The third-order valence-electron chi connectivity index (χ3n) is 3.95. The van der Waals surface area contributed by atoms with E-state index in [1.54, 1.807) is 7.11 Å². The van der Waals surface area contributed by atoms with E-state index in [-0.39, 0.29) is 17.9 Å². The predicted octanol–water partition coefficient (Wildman–Crippen LogP) is 2.14. The molecule has 1 saturated heterocycles. The smallest absolute Gasteiger partial charge is 0.223 e. The lowest BCUT2D eigenvalue weighted by Crippen LogP contribution is -2.45. The Morgan fingerprint density at radius 1 is 1.55 bits per heavy atom. The van der Waals surface area contributed by atoms with Gasteiger partial charge in [0.2, 0.25) is 5.91 Å². The zero-order valence-electron chi connectivity index (χ0n) is 12.3. The Morgan fingerprint density at radius 2 is 2.35 bits per heavy atom. The first kappa shape index (κ1) is 14.9. The lowest BCUT2D eigenvalue weighted by Gasteiger charge is -2.31. The molecule has 4 nitrogen and oxygen atoms in total. The number of nitrogens with two attached hydrogens (primary N) is 1. The number of nitrogens with zero attached hydrogens (tertiary/aromatic N) is 1. The third kappa shape index (κ3) is 3.73. The number of carbonyl (C=O) groups excluding carboxylic acids is 1. The molecule has 1 heterocycles. The standard InChI is InChI=1S/C16H24N2O2/c1-12(13-5-3-7-15(10-13)20-2)9-16(19)18-8-4-6-14(17)11-18/h3,5,7,10,12,14H,4,6,8-9,11,17H2,1-2H3/t12-,14+/m0/s1. The van der Waals surface area contributed by atoms with Gasteiger partial charge in [0.05, 0.1) is 7.11 Å². The number of likely N-dealkylation sites (tertiary alicyclic amines) is 1. The van der Waals surface area contributed by atoms with Gasteiger partial charge in [0.15, 0.2) is 0 Å². The first-order valence-corrected chi connectivity index (χ1v) is 7.27. The number of rotatable bonds is 4.